The Bertz CT molecular complexity index is 848. The number of rotatable bonds is 4. The zero-order chi connectivity index (χ0) is 18.8. The van der Waals surface area contributed by atoms with E-state index in [1.165, 1.54) is 11.8 Å². The summed E-state index contributed by atoms with van der Waals surface area (Å²) in [6.07, 6.45) is 4.97. The third-order valence-electron chi connectivity index (χ3n) is 5.50. The van der Waals surface area contributed by atoms with Crippen molar-refractivity contribution in [3.8, 4) is 0 Å². The van der Waals surface area contributed by atoms with Gasteiger partial charge in [-0.2, -0.15) is 4.98 Å². The maximum atomic E-state index is 14.3. The summed E-state index contributed by atoms with van der Waals surface area (Å²) in [7, 11) is 0. The smallest absolute Gasteiger partial charge is 0.229 e. The SMILES string of the molecule is NCC1CCN(c2nc(Nc3ccc4c(c3)CCC(=O)C4)ncc2F)CC1. The normalized spacial score (nSPS) is 17.7. The van der Waals surface area contributed by atoms with Crippen LogP contribution in [0.3, 0.4) is 0 Å². The van der Waals surface area contributed by atoms with Gasteiger partial charge in [0, 0.05) is 31.6 Å². The molecule has 27 heavy (non-hydrogen) atoms. The molecule has 1 aromatic carbocycles. The van der Waals surface area contributed by atoms with Crippen LogP contribution in [0.5, 0.6) is 0 Å². The molecule has 2 heterocycles. The van der Waals surface area contributed by atoms with Gasteiger partial charge in [-0.1, -0.05) is 6.07 Å². The third-order valence-corrected chi connectivity index (χ3v) is 5.50. The lowest BCUT2D eigenvalue weighted by molar-refractivity contribution is -0.118. The van der Waals surface area contributed by atoms with Crippen molar-refractivity contribution in [1.29, 1.82) is 0 Å². The summed E-state index contributed by atoms with van der Waals surface area (Å²) in [5.74, 6) is 1.10. The molecule has 7 heteroatoms. The second-order valence-corrected chi connectivity index (χ2v) is 7.36. The second kappa shape index (κ2) is 7.60. The molecular weight excluding hydrogens is 345 g/mol. The van der Waals surface area contributed by atoms with Crippen LogP contribution in [0, 0.1) is 11.7 Å². The molecule has 0 amide bonds. The van der Waals surface area contributed by atoms with E-state index < -0.39 is 5.82 Å². The van der Waals surface area contributed by atoms with Crippen molar-refractivity contribution < 1.29 is 9.18 Å². The first-order valence-electron chi connectivity index (χ1n) is 9.50. The fourth-order valence-corrected chi connectivity index (χ4v) is 3.83. The highest BCUT2D eigenvalue weighted by molar-refractivity contribution is 5.83. The minimum atomic E-state index is -0.407. The number of ketones is 1. The maximum Gasteiger partial charge on any atom is 0.229 e. The van der Waals surface area contributed by atoms with E-state index in [9.17, 15) is 9.18 Å². The average Bonchev–Trinajstić information content (AvgIpc) is 2.70. The summed E-state index contributed by atoms with van der Waals surface area (Å²) >= 11 is 0. The lowest BCUT2D eigenvalue weighted by atomic mass is 9.90. The molecular formula is C20H24FN5O. The number of nitrogens with zero attached hydrogens (tertiary/aromatic N) is 3. The van der Waals surface area contributed by atoms with E-state index >= 15 is 0 Å². The first-order chi connectivity index (χ1) is 13.1. The highest BCUT2D eigenvalue weighted by Crippen LogP contribution is 2.27. The first kappa shape index (κ1) is 17.9. The number of carbonyl (C=O) groups is 1. The molecule has 0 radical (unpaired) electrons. The first-order valence-corrected chi connectivity index (χ1v) is 9.50. The van der Waals surface area contributed by atoms with E-state index in [1.54, 1.807) is 0 Å². The number of anilines is 3. The van der Waals surface area contributed by atoms with E-state index in [0.717, 1.165) is 43.6 Å². The van der Waals surface area contributed by atoms with E-state index in [2.05, 4.69) is 15.3 Å². The molecule has 2 aromatic rings. The van der Waals surface area contributed by atoms with Gasteiger partial charge in [-0.3, -0.25) is 4.79 Å². The molecule has 0 atom stereocenters. The van der Waals surface area contributed by atoms with Crippen molar-refractivity contribution in [3.63, 3.8) is 0 Å². The highest BCUT2D eigenvalue weighted by atomic mass is 19.1. The number of piperidine rings is 1. The minimum Gasteiger partial charge on any atom is -0.354 e. The van der Waals surface area contributed by atoms with Gasteiger partial charge in [0.05, 0.1) is 6.20 Å². The van der Waals surface area contributed by atoms with Crippen LogP contribution in [-0.2, 0) is 17.6 Å². The molecule has 1 aliphatic carbocycles. The van der Waals surface area contributed by atoms with Crippen LogP contribution in [0.25, 0.3) is 0 Å². The fraction of sp³-hybridized carbons (Fsp3) is 0.450. The largest absolute Gasteiger partial charge is 0.354 e. The molecule has 1 aromatic heterocycles. The fourth-order valence-electron chi connectivity index (χ4n) is 3.83. The number of hydrogen-bond acceptors (Lipinski definition) is 6. The summed E-state index contributed by atoms with van der Waals surface area (Å²) < 4.78 is 14.3. The van der Waals surface area contributed by atoms with Crippen molar-refractivity contribution >= 4 is 23.2 Å². The van der Waals surface area contributed by atoms with Crippen molar-refractivity contribution in [2.75, 3.05) is 29.9 Å². The van der Waals surface area contributed by atoms with Crippen LogP contribution in [0.4, 0.5) is 21.8 Å². The van der Waals surface area contributed by atoms with Gasteiger partial charge in [-0.25, -0.2) is 9.37 Å². The van der Waals surface area contributed by atoms with Gasteiger partial charge in [-0.05, 0) is 55.0 Å². The van der Waals surface area contributed by atoms with Crippen molar-refractivity contribution in [3.05, 3.63) is 41.3 Å². The van der Waals surface area contributed by atoms with Crippen LogP contribution < -0.4 is 16.0 Å². The number of nitrogens with one attached hydrogen (secondary N) is 1. The Kier molecular flexibility index (Phi) is 5.03. The lowest BCUT2D eigenvalue weighted by Crippen LogP contribution is -2.37. The summed E-state index contributed by atoms with van der Waals surface area (Å²) in [6.45, 7) is 2.18. The standard InChI is InChI=1S/C20H24FN5O/c21-18-12-23-20(25-19(18)26-7-5-13(11-22)6-8-26)24-16-3-1-15-10-17(27)4-2-14(15)9-16/h1,3,9,12-13H,2,4-8,10-11,22H2,(H,23,24,25). The Balaban J connectivity index is 1.51. The van der Waals surface area contributed by atoms with E-state index in [4.69, 9.17) is 5.73 Å². The average molecular weight is 369 g/mol. The molecule has 3 N–H and O–H groups in total. The number of aryl methyl sites for hydroxylation is 1. The van der Waals surface area contributed by atoms with Crippen molar-refractivity contribution in [1.82, 2.24) is 9.97 Å². The zero-order valence-electron chi connectivity index (χ0n) is 15.2. The minimum absolute atomic E-state index is 0.285. The zero-order valence-corrected chi connectivity index (χ0v) is 15.2. The molecule has 4 rings (SSSR count). The molecule has 142 valence electrons. The quantitative estimate of drug-likeness (QED) is 0.862. The Morgan fingerprint density at radius 3 is 2.81 bits per heavy atom. The predicted octanol–water partition coefficient (Wildman–Crippen LogP) is 2.59. The Hall–Kier alpha value is -2.54. The Morgan fingerprint density at radius 2 is 2.04 bits per heavy atom. The van der Waals surface area contributed by atoms with Gasteiger partial charge in [0.25, 0.3) is 0 Å². The summed E-state index contributed by atoms with van der Waals surface area (Å²) in [5.41, 5.74) is 8.84. The van der Waals surface area contributed by atoms with Crippen molar-refractivity contribution in [2.45, 2.75) is 32.1 Å². The number of nitrogens with two attached hydrogens (primary N) is 1. The van der Waals surface area contributed by atoms with Gasteiger partial charge in [0.2, 0.25) is 5.95 Å². The third kappa shape index (κ3) is 3.93. The second-order valence-electron chi connectivity index (χ2n) is 7.36. The predicted molar refractivity (Wildman–Crippen MR) is 103 cm³/mol. The molecule has 0 unspecified atom stereocenters. The monoisotopic (exact) mass is 369 g/mol. The number of carbonyl (C=O) groups excluding carboxylic acids is 1. The van der Waals surface area contributed by atoms with E-state index in [0.29, 0.717) is 37.1 Å². The van der Waals surface area contributed by atoms with Crippen LogP contribution in [0.15, 0.2) is 24.4 Å². The van der Waals surface area contributed by atoms with E-state index in [1.807, 2.05) is 23.1 Å². The van der Waals surface area contributed by atoms with Gasteiger partial charge in [-0.15, -0.1) is 0 Å². The Morgan fingerprint density at radius 1 is 1.22 bits per heavy atom. The van der Waals surface area contributed by atoms with E-state index in [-0.39, 0.29) is 5.78 Å². The number of fused-ring (bicyclic) bond motifs is 1. The molecule has 1 aliphatic heterocycles. The number of benzene rings is 1. The molecule has 0 spiro atoms. The summed E-state index contributed by atoms with van der Waals surface area (Å²) in [4.78, 5) is 22.0. The number of hydrogen-bond donors (Lipinski definition) is 2. The van der Waals surface area contributed by atoms with Crippen LogP contribution in [0.2, 0.25) is 0 Å². The molecule has 0 bridgehead atoms. The lowest BCUT2D eigenvalue weighted by Gasteiger charge is -2.32. The van der Waals surface area contributed by atoms with Crippen LogP contribution >= 0.6 is 0 Å². The number of halogens is 1. The van der Waals surface area contributed by atoms with Gasteiger partial charge >= 0.3 is 0 Å². The summed E-state index contributed by atoms with van der Waals surface area (Å²) in [6, 6.07) is 5.91. The number of Topliss-reactive ketones (excluding diaryl/α,β-unsaturated/α-hetero) is 1. The van der Waals surface area contributed by atoms with Gasteiger partial charge < -0.3 is 16.0 Å². The van der Waals surface area contributed by atoms with Gasteiger partial charge in [0.1, 0.15) is 5.78 Å². The topological polar surface area (TPSA) is 84.1 Å². The molecule has 0 saturated carbocycles. The summed E-state index contributed by atoms with van der Waals surface area (Å²) in [5, 5.41) is 3.17. The van der Waals surface area contributed by atoms with Crippen molar-refractivity contribution in [2.24, 2.45) is 11.7 Å². The van der Waals surface area contributed by atoms with Gasteiger partial charge in [0.15, 0.2) is 11.6 Å². The number of aromatic nitrogens is 2. The highest BCUT2D eigenvalue weighted by Gasteiger charge is 2.22. The maximum absolute atomic E-state index is 14.3. The van der Waals surface area contributed by atoms with Crippen LogP contribution in [-0.4, -0.2) is 35.4 Å². The Labute approximate surface area is 158 Å². The van der Waals surface area contributed by atoms with Crippen LogP contribution in [0.1, 0.15) is 30.4 Å². The molecule has 1 saturated heterocycles. The molecule has 2 aliphatic rings. The molecule has 6 nitrogen and oxygen atoms in total. The molecule has 1 fully saturated rings.